The van der Waals surface area contributed by atoms with Gasteiger partial charge >= 0.3 is 0 Å². The summed E-state index contributed by atoms with van der Waals surface area (Å²) >= 11 is 0. The Morgan fingerprint density at radius 3 is 2.36 bits per heavy atom. The summed E-state index contributed by atoms with van der Waals surface area (Å²) in [4.78, 5) is 2.39. The maximum absolute atomic E-state index is 5.94. The van der Waals surface area contributed by atoms with Crippen LogP contribution in [0.3, 0.4) is 0 Å². The SMILES string of the molecule is CC(C)C(N)CN(C)C1CC1. The lowest BCUT2D eigenvalue weighted by Crippen LogP contribution is -2.39. The number of rotatable bonds is 4. The van der Waals surface area contributed by atoms with Crippen molar-refractivity contribution in [3.05, 3.63) is 0 Å². The van der Waals surface area contributed by atoms with Gasteiger partial charge in [0.2, 0.25) is 0 Å². The molecule has 66 valence electrons. The Kier molecular flexibility index (Phi) is 2.90. The quantitative estimate of drug-likeness (QED) is 0.659. The van der Waals surface area contributed by atoms with Crippen molar-refractivity contribution in [3.8, 4) is 0 Å². The highest BCUT2D eigenvalue weighted by molar-refractivity contribution is 4.84. The predicted molar refractivity (Wildman–Crippen MR) is 48.5 cm³/mol. The van der Waals surface area contributed by atoms with Crippen molar-refractivity contribution < 1.29 is 0 Å². The van der Waals surface area contributed by atoms with E-state index in [-0.39, 0.29) is 0 Å². The number of hydrogen-bond donors (Lipinski definition) is 1. The van der Waals surface area contributed by atoms with Crippen LogP contribution in [0.4, 0.5) is 0 Å². The fourth-order valence-electron chi connectivity index (χ4n) is 1.21. The van der Waals surface area contributed by atoms with Crippen LogP contribution in [0.5, 0.6) is 0 Å². The summed E-state index contributed by atoms with van der Waals surface area (Å²) in [5, 5.41) is 0. The summed E-state index contributed by atoms with van der Waals surface area (Å²) < 4.78 is 0. The first-order valence-electron chi connectivity index (χ1n) is 4.57. The van der Waals surface area contributed by atoms with Gasteiger partial charge in [-0.15, -0.1) is 0 Å². The van der Waals surface area contributed by atoms with E-state index in [1.54, 1.807) is 0 Å². The molecule has 0 amide bonds. The first-order valence-corrected chi connectivity index (χ1v) is 4.57. The van der Waals surface area contributed by atoms with Crippen LogP contribution in [-0.4, -0.2) is 30.6 Å². The third kappa shape index (κ3) is 2.80. The maximum Gasteiger partial charge on any atom is 0.0191 e. The zero-order valence-corrected chi connectivity index (χ0v) is 7.88. The van der Waals surface area contributed by atoms with Crippen molar-refractivity contribution >= 4 is 0 Å². The van der Waals surface area contributed by atoms with Gasteiger partial charge in [-0.05, 0) is 25.8 Å². The van der Waals surface area contributed by atoms with E-state index in [1.165, 1.54) is 12.8 Å². The van der Waals surface area contributed by atoms with E-state index in [0.717, 1.165) is 12.6 Å². The molecule has 1 aliphatic rings. The molecule has 0 aliphatic heterocycles. The predicted octanol–water partition coefficient (Wildman–Crippen LogP) is 1.06. The molecule has 0 bridgehead atoms. The lowest BCUT2D eigenvalue weighted by atomic mass is 10.1. The van der Waals surface area contributed by atoms with Crippen molar-refractivity contribution in [2.45, 2.75) is 38.8 Å². The lowest BCUT2D eigenvalue weighted by Gasteiger charge is -2.23. The fraction of sp³-hybridized carbons (Fsp3) is 1.00. The molecule has 0 aromatic carbocycles. The normalized spacial score (nSPS) is 21.3. The third-order valence-electron chi connectivity index (χ3n) is 2.53. The van der Waals surface area contributed by atoms with Crippen LogP contribution in [0.15, 0.2) is 0 Å². The second-order valence-corrected chi connectivity index (χ2v) is 4.08. The van der Waals surface area contributed by atoms with Gasteiger partial charge in [-0.1, -0.05) is 13.8 Å². The van der Waals surface area contributed by atoms with E-state index in [2.05, 4.69) is 25.8 Å². The molecule has 1 aliphatic carbocycles. The summed E-state index contributed by atoms with van der Waals surface area (Å²) in [6.45, 7) is 5.43. The van der Waals surface area contributed by atoms with Gasteiger partial charge in [-0.2, -0.15) is 0 Å². The van der Waals surface area contributed by atoms with Crippen LogP contribution in [0.2, 0.25) is 0 Å². The zero-order valence-electron chi connectivity index (χ0n) is 7.88. The minimum absolute atomic E-state index is 0.348. The van der Waals surface area contributed by atoms with Crippen molar-refractivity contribution in [2.75, 3.05) is 13.6 Å². The van der Waals surface area contributed by atoms with E-state index in [9.17, 15) is 0 Å². The zero-order chi connectivity index (χ0) is 8.43. The second-order valence-electron chi connectivity index (χ2n) is 4.08. The number of likely N-dealkylation sites (N-methyl/N-ethyl adjacent to an activating group) is 1. The summed E-state index contributed by atoms with van der Waals surface area (Å²) in [6, 6.07) is 1.19. The molecule has 0 heterocycles. The smallest absolute Gasteiger partial charge is 0.0191 e. The Morgan fingerprint density at radius 2 is 2.00 bits per heavy atom. The molecule has 2 nitrogen and oxygen atoms in total. The van der Waals surface area contributed by atoms with Crippen molar-refractivity contribution in [1.29, 1.82) is 0 Å². The van der Waals surface area contributed by atoms with Gasteiger partial charge in [-0.3, -0.25) is 0 Å². The van der Waals surface area contributed by atoms with Gasteiger partial charge in [0.1, 0.15) is 0 Å². The highest BCUT2D eigenvalue weighted by atomic mass is 15.2. The van der Waals surface area contributed by atoms with Gasteiger partial charge < -0.3 is 10.6 Å². The molecule has 2 N–H and O–H groups in total. The van der Waals surface area contributed by atoms with Gasteiger partial charge in [0.05, 0.1) is 0 Å². The Morgan fingerprint density at radius 1 is 1.45 bits per heavy atom. The number of hydrogen-bond acceptors (Lipinski definition) is 2. The van der Waals surface area contributed by atoms with Crippen LogP contribution in [-0.2, 0) is 0 Å². The largest absolute Gasteiger partial charge is 0.326 e. The minimum atomic E-state index is 0.348. The molecule has 0 saturated heterocycles. The average molecular weight is 156 g/mol. The van der Waals surface area contributed by atoms with Crippen molar-refractivity contribution in [2.24, 2.45) is 11.7 Å². The van der Waals surface area contributed by atoms with E-state index >= 15 is 0 Å². The fourth-order valence-corrected chi connectivity index (χ4v) is 1.21. The van der Waals surface area contributed by atoms with Crippen LogP contribution < -0.4 is 5.73 Å². The van der Waals surface area contributed by atoms with Gasteiger partial charge in [-0.25, -0.2) is 0 Å². The number of nitrogens with two attached hydrogens (primary N) is 1. The minimum Gasteiger partial charge on any atom is -0.326 e. The van der Waals surface area contributed by atoms with Crippen LogP contribution in [0.1, 0.15) is 26.7 Å². The Bertz CT molecular complexity index is 113. The van der Waals surface area contributed by atoms with Crippen LogP contribution in [0.25, 0.3) is 0 Å². The third-order valence-corrected chi connectivity index (χ3v) is 2.53. The first kappa shape index (κ1) is 9.01. The van der Waals surface area contributed by atoms with E-state index in [1.807, 2.05) is 0 Å². The molecule has 1 rings (SSSR count). The summed E-state index contributed by atoms with van der Waals surface area (Å²) in [5.41, 5.74) is 5.94. The molecule has 11 heavy (non-hydrogen) atoms. The maximum atomic E-state index is 5.94. The van der Waals surface area contributed by atoms with Crippen LogP contribution in [0, 0.1) is 5.92 Å². The molecule has 1 atom stereocenters. The average Bonchev–Trinajstić information content (AvgIpc) is 2.67. The summed E-state index contributed by atoms with van der Waals surface area (Å²) in [7, 11) is 2.18. The Hall–Kier alpha value is -0.0800. The van der Waals surface area contributed by atoms with E-state index in [0.29, 0.717) is 12.0 Å². The molecular formula is C9H20N2. The molecule has 1 saturated carbocycles. The summed E-state index contributed by atoms with van der Waals surface area (Å²) in [5.74, 6) is 0.608. The standard InChI is InChI=1S/C9H20N2/c1-7(2)9(10)6-11(3)8-4-5-8/h7-9H,4-6,10H2,1-3H3. The highest BCUT2D eigenvalue weighted by Gasteiger charge is 2.27. The van der Waals surface area contributed by atoms with Gasteiger partial charge in [0, 0.05) is 18.6 Å². The van der Waals surface area contributed by atoms with Crippen molar-refractivity contribution in [1.82, 2.24) is 4.90 Å². The Labute approximate surface area is 69.8 Å². The van der Waals surface area contributed by atoms with Crippen molar-refractivity contribution in [3.63, 3.8) is 0 Å². The highest BCUT2D eigenvalue weighted by Crippen LogP contribution is 2.25. The molecule has 2 heteroatoms. The van der Waals surface area contributed by atoms with Crippen LogP contribution >= 0.6 is 0 Å². The molecular weight excluding hydrogens is 136 g/mol. The number of nitrogens with zero attached hydrogens (tertiary/aromatic N) is 1. The molecule has 0 spiro atoms. The Balaban J connectivity index is 2.17. The second kappa shape index (κ2) is 3.55. The first-order chi connectivity index (χ1) is 5.11. The molecule has 0 radical (unpaired) electrons. The summed E-state index contributed by atoms with van der Waals surface area (Å²) in [6.07, 6.45) is 2.75. The molecule has 1 unspecified atom stereocenters. The molecule has 0 aromatic rings. The lowest BCUT2D eigenvalue weighted by molar-refractivity contribution is 0.275. The topological polar surface area (TPSA) is 29.3 Å². The molecule has 1 fully saturated rings. The van der Waals surface area contributed by atoms with E-state index in [4.69, 9.17) is 5.73 Å². The van der Waals surface area contributed by atoms with E-state index < -0.39 is 0 Å². The molecule has 0 aromatic heterocycles. The van der Waals surface area contributed by atoms with Gasteiger partial charge in [0.25, 0.3) is 0 Å². The van der Waals surface area contributed by atoms with Gasteiger partial charge in [0.15, 0.2) is 0 Å². The monoisotopic (exact) mass is 156 g/mol.